The Bertz CT molecular complexity index is 582. The summed E-state index contributed by atoms with van der Waals surface area (Å²) in [4.78, 5) is 12.0. The highest BCUT2D eigenvalue weighted by Crippen LogP contribution is 2.34. The van der Waals surface area contributed by atoms with Crippen LogP contribution < -0.4 is 10.6 Å². The number of hydrogen-bond donors (Lipinski definition) is 2. The highest BCUT2D eigenvalue weighted by molar-refractivity contribution is 9.09. The number of carbonyl (C=O) groups is 1. The Balaban J connectivity index is 1.75. The summed E-state index contributed by atoms with van der Waals surface area (Å²) in [6.45, 7) is 2.86. The normalized spacial score (nSPS) is 25.3. The maximum absolute atomic E-state index is 11.9. The number of hydrogen-bond acceptors (Lipinski definition) is 3. The molecule has 1 aromatic rings. The Morgan fingerprint density at radius 2 is 2.14 bits per heavy atom. The van der Waals surface area contributed by atoms with Gasteiger partial charge in [0.05, 0.1) is 0 Å². The fourth-order valence-electron chi connectivity index (χ4n) is 3.19. The Hall–Kier alpha value is -1.29. The SMILES string of the molecule is CC1=C(NC[C@@H]2CCCCC2=O)N[C@@H](Br)c2ccccc21. The molecule has 2 aliphatic rings. The molecule has 0 unspecified atom stereocenters. The number of allylic oxidation sites excluding steroid dienone is 1. The van der Waals surface area contributed by atoms with Crippen molar-refractivity contribution in [2.24, 2.45) is 5.92 Å². The minimum Gasteiger partial charge on any atom is -0.371 e. The van der Waals surface area contributed by atoms with Gasteiger partial charge in [0, 0.05) is 18.9 Å². The molecule has 0 radical (unpaired) electrons. The number of fused-ring (bicyclic) bond motifs is 1. The fraction of sp³-hybridized carbons (Fsp3) is 0.471. The van der Waals surface area contributed by atoms with Gasteiger partial charge in [0.25, 0.3) is 0 Å². The molecule has 0 amide bonds. The van der Waals surface area contributed by atoms with Crippen LogP contribution in [0.5, 0.6) is 0 Å². The third-order valence-corrected chi connectivity index (χ3v) is 5.21. The van der Waals surface area contributed by atoms with Gasteiger partial charge in [-0.1, -0.05) is 46.6 Å². The van der Waals surface area contributed by atoms with Crippen molar-refractivity contribution in [3.63, 3.8) is 0 Å². The van der Waals surface area contributed by atoms with Crippen LogP contribution in [0, 0.1) is 5.92 Å². The summed E-state index contributed by atoms with van der Waals surface area (Å²) in [6.07, 6.45) is 4.01. The van der Waals surface area contributed by atoms with Crippen LogP contribution in [0.15, 0.2) is 30.1 Å². The standard InChI is InChI=1S/C17H21BrN2O/c1-11-13-7-3-4-8-14(13)16(18)20-17(11)19-10-12-6-2-5-9-15(12)21/h3-4,7-8,12,16,19-20H,2,5-6,9-10H2,1H3/t12-,16+/m0/s1. The molecule has 0 aromatic heterocycles. The second kappa shape index (κ2) is 6.22. The second-order valence-corrected chi connectivity index (χ2v) is 6.80. The number of benzene rings is 1. The molecule has 3 rings (SSSR count). The highest BCUT2D eigenvalue weighted by Gasteiger charge is 2.25. The minimum atomic E-state index is 0.113. The zero-order valence-electron chi connectivity index (χ0n) is 12.3. The smallest absolute Gasteiger partial charge is 0.137 e. The third-order valence-electron chi connectivity index (χ3n) is 4.49. The molecule has 1 aromatic carbocycles. The first-order chi connectivity index (χ1) is 10.2. The average molecular weight is 349 g/mol. The summed E-state index contributed by atoms with van der Waals surface area (Å²) in [5.41, 5.74) is 3.73. The molecule has 0 spiro atoms. The van der Waals surface area contributed by atoms with Crippen molar-refractivity contribution in [2.45, 2.75) is 37.6 Å². The van der Waals surface area contributed by atoms with Crippen LogP contribution >= 0.6 is 15.9 Å². The first-order valence-corrected chi connectivity index (χ1v) is 8.55. The maximum atomic E-state index is 11.9. The lowest BCUT2D eigenvalue weighted by Gasteiger charge is -2.30. The van der Waals surface area contributed by atoms with Gasteiger partial charge in [-0.25, -0.2) is 0 Å². The van der Waals surface area contributed by atoms with E-state index in [0.717, 1.165) is 31.6 Å². The number of rotatable bonds is 3. The van der Waals surface area contributed by atoms with Crippen LogP contribution in [-0.2, 0) is 4.79 Å². The number of alkyl halides is 1. The van der Waals surface area contributed by atoms with Gasteiger partial charge in [-0.2, -0.15) is 0 Å². The van der Waals surface area contributed by atoms with Gasteiger partial charge in [-0.15, -0.1) is 0 Å². The molecule has 112 valence electrons. The van der Waals surface area contributed by atoms with Crippen molar-refractivity contribution in [3.8, 4) is 0 Å². The number of carbonyl (C=O) groups excluding carboxylic acids is 1. The van der Waals surface area contributed by atoms with Crippen LogP contribution in [0.4, 0.5) is 0 Å². The molecule has 2 atom stereocenters. The molecular weight excluding hydrogens is 328 g/mol. The van der Waals surface area contributed by atoms with E-state index in [9.17, 15) is 4.79 Å². The Morgan fingerprint density at radius 3 is 2.95 bits per heavy atom. The van der Waals surface area contributed by atoms with Gasteiger partial charge in [0.1, 0.15) is 16.6 Å². The zero-order valence-corrected chi connectivity index (χ0v) is 13.9. The van der Waals surface area contributed by atoms with Crippen molar-refractivity contribution < 1.29 is 4.79 Å². The molecule has 1 heterocycles. The lowest BCUT2D eigenvalue weighted by atomic mass is 9.88. The van der Waals surface area contributed by atoms with Gasteiger partial charge in [0.15, 0.2) is 0 Å². The maximum Gasteiger partial charge on any atom is 0.137 e. The molecule has 2 N–H and O–H groups in total. The Labute approximate surface area is 134 Å². The molecule has 0 saturated heterocycles. The van der Waals surface area contributed by atoms with E-state index in [1.54, 1.807) is 0 Å². The quantitative estimate of drug-likeness (QED) is 0.646. The summed E-state index contributed by atoms with van der Waals surface area (Å²) in [6, 6.07) is 8.40. The summed E-state index contributed by atoms with van der Waals surface area (Å²) in [5, 5.41) is 6.91. The van der Waals surface area contributed by atoms with Crippen molar-refractivity contribution in [2.75, 3.05) is 6.54 Å². The predicted octanol–water partition coefficient (Wildman–Crippen LogP) is 3.72. The van der Waals surface area contributed by atoms with E-state index in [1.807, 2.05) is 0 Å². The van der Waals surface area contributed by atoms with Crippen molar-refractivity contribution in [1.29, 1.82) is 0 Å². The van der Waals surface area contributed by atoms with Crippen molar-refractivity contribution in [3.05, 3.63) is 41.2 Å². The first kappa shape index (κ1) is 14.6. The average Bonchev–Trinajstić information content (AvgIpc) is 2.51. The van der Waals surface area contributed by atoms with E-state index in [1.165, 1.54) is 23.1 Å². The lowest BCUT2D eigenvalue weighted by Crippen LogP contribution is -2.37. The van der Waals surface area contributed by atoms with E-state index in [0.29, 0.717) is 5.78 Å². The van der Waals surface area contributed by atoms with Crippen molar-refractivity contribution >= 4 is 27.3 Å². The lowest BCUT2D eigenvalue weighted by molar-refractivity contribution is -0.124. The third kappa shape index (κ3) is 3.00. The van der Waals surface area contributed by atoms with Crippen LogP contribution in [-0.4, -0.2) is 12.3 Å². The molecular formula is C17H21BrN2O. The number of nitrogens with one attached hydrogen (secondary N) is 2. The molecule has 21 heavy (non-hydrogen) atoms. The van der Waals surface area contributed by atoms with Crippen LogP contribution in [0.2, 0.25) is 0 Å². The molecule has 1 fully saturated rings. The van der Waals surface area contributed by atoms with E-state index in [-0.39, 0.29) is 10.9 Å². The van der Waals surface area contributed by atoms with E-state index >= 15 is 0 Å². The molecule has 1 aliphatic heterocycles. The van der Waals surface area contributed by atoms with Gasteiger partial charge < -0.3 is 10.6 Å². The first-order valence-electron chi connectivity index (χ1n) is 7.64. The topological polar surface area (TPSA) is 41.1 Å². The predicted molar refractivity (Wildman–Crippen MR) is 88.8 cm³/mol. The van der Waals surface area contributed by atoms with E-state index in [2.05, 4.69) is 57.8 Å². The van der Waals surface area contributed by atoms with Gasteiger partial charge >= 0.3 is 0 Å². The number of halogens is 1. The second-order valence-electron chi connectivity index (χ2n) is 5.88. The Morgan fingerprint density at radius 1 is 1.33 bits per heavy atom. The van der Waals surface area contributed by atoms with Crippen LogP contribution in [0.25, 0.3) is 5.57 Å². The summed E-state index contributed by atoms with van der Waals surface area (Å²) < 4.78 is 0. The molecule has 0 bridgehead atoms. The Kier molecular flexibility index (Phi) is 4.34. The van der Waals surface area contributed by atoms with Gasteiger partial charge in [-0.3, -0.25) is 4.79 Å². The number of ketones is 1. The highest BCUT2D eigenvalue weighted by atomic mass is 79.9. The van der Waals surface area contributed by atoms with E-state index in [4.69, 9.17) is 0 Å². The molecule has 3 nitrogen and oxygen atoms in total. The monoisotopic (exact) mass is 348 g/mol. The van der Waals surface area contributed by atoms with Crippen LogP contribution in [0.3, 0.4) is 0 Å². The van der Waals surface area contributed by atoms with Crippen molar-refractivity contribution in [1.82, 2.24) is 10.6 Å². The van der Waals surface area contributed by atoms with E-state index < -0.39 is 0 Å². The number of Topliss-reactive ketones (excluding diaryl/α,β-unsaturated/α-hetero) is 1. The largest absolute Gasteiger partial charge is 0.371 e. The summed E-state index contributed by atoms with van der Waals surface area (Å²) >= 11 is 3.68. The molecule has 1 saturated carbocycles. The molecule has 1 aliphatic carbocycles. The van der Waals surface area contributed by atoms with Gasteiger partial charge in [-0.05, 0) is 36.5 Å². The zero-order chi connectivity index (χ0) is 14.8. The summed E-state index contributed by atoms with van der Waals surface area (Å²) in [7, 11) is 0. The fourth-order valence-corrected chi connectivity index (χ4v) is 3.81. The minimum absolute atomic E-state index is 0.113. The van der Waals surface area contributed by atoms with Crippen LogP contribution in [0.1, 0.15) is 48.7 Å². The molecule has 4 heteroatoms. The van der Waals surface area contributed by atoms with Gasteiger partial charge in [0.2, 0.25) is 0 Å². The summed E-state index contributed by atoms with van der Waals surface area (Å²) in [5.74, 6) is 1.62.